The number of hydrogen-bond acceptors (Lipinski definition) is 3. The van der Waals surface area contributed by atoms with E-state index < -0.39 is 0 Å². The maximum atomic E-state index is 12.2. The van der Waals surface area contributed by atoms with Gasteiger partial charge in [-0.15, -0.1) is 0 Å². The van der Waals surface area contributed by atoms with Crippen LogP contribution in [0.15, 0.2) is 42.6 Å². The highest BCUT2D eigenvalue weighted by atomic mass is 16.5. The van der Waals surface area contributed by atoms with Crippen LogP contribution in [0.25, 0.3) is 0 Å². The van der Waals surface area contributed by atoms with Crippen LogP contribution in [0, 0.1) is 0 Å². The van der Waals surface area contributed by atoms with Crippen LogP contribution >= 0.6 is 0 Å². The topological polar surface area (TPSA) is 51.2 Å². The lowest BCUT2D eigenvalue weighted by atomic mass is 9.89. The molecule has 1 atom stereocenters. The number of carbonyl (C=O) groups excluding carboxylic acids is 1. The SMILES string of the molecule is CC(C)c1cnc2c(c1)C(NC(=O)OCc1ccccc1)CCC2. The molecule has 0 bridgehead atoms. The van der Waals surface area contributed by atoms with Gasteiger partial charge in [0.05, 0.1) is 6.04 Å². The second-order valence-corrected chi connectivity index (χ2v) is 6.61. The van der Waals surface area contributed by atoms with Gasteiger partial charge in [0.15, 0.2) is 0 Å². The molecule has 0 fully saturated rings. The number of ether oxygens (including phenoxy) is 1. The molecule has 0 saturated heterocycles. The van der Waals surface area contributed by atoms with Crippen LogP contribution in [0.3, 0.4) is 0 Å². The first-order valence-corrected chi connectivity index (χ1v) is 8.59. The number of nitrogens with zero attached hydrogens (tertiary/aromatic N) is 1. The zero-order chi connectivity index (χ0) is 16.9. The van der Waals surface area contributed by atoms with Crippen LogP contribution in [0.1, 0.15) is 61.0 Å². The predicted octanol–water partition coefficient (Wildman–Crippen LogP) is 4.51. The van der Waals surface area contributed by atoms with Gasteiger partial charge < -0.3 is 10.1 Å². The summed E-state index contributed by atoms with van der Waals surface area (Å²) in [5.74, 6) is 0.426. The molecule has 0 aliphatic heterocycles. The van der Waals surface area contributed by atoms with E-state index in [2.05, 4.69) is 30.2 Å². The van der Waals surface area contributed by atoms with Crippen molar-refractivity contribution in [1.29, 1.82) is 0 Å². The monoisotopic (exact) mass is 324 g/mol. The molecule has 1 aliphatic carbocycles. The quantitative estimate of drug-likeness (QED) is 0.900. The number of aryl methyl sites for hydroxylation is 1. The highest BCUT2D eigenvalue weighted by molar-refractivity contribution is 5.68. The van der Waals surface area contributed by atoms with Crippen molar-refractivity contribution in [3.05, 3.63) is 65.0 Å². The van der Waals surface area contributed by atoms with Gasteiger partial charge in [-0.1, -0.05) is 50.2 Å². The lowest BCUT2D eigenvalue weighted by Gasteiger charge is -2.26. The molecule has 1 aliphatic rings. The second-order valence-electron chi connectivity index (χ2n) is 6.61. The van der Waals surface area contributed by atoms with E-state index in [1.807, 2.05) is 36.5 Å². The molecule has 1 heterocycles. The highest BCUT2D eigenvalue weighted by Crippen LogP contribution is 2.30. The minimum Gasteiger partial charge on any atom is -0.445 e. The number of amides is 1. The summed E-state index contributed by atoms with van der Waals surface area (Å²) in [6.07, 6.45) is 4.53. The van der Waals surface area contributed by atoms with Crippen LogP contribution in [-0.2, 0) is 17.8 Å². The van der Waals surface area contributed by atoms with Crippen molar-refractivity contribution in [1.82, 2.24) is 10.3 Å². The summed E-state index contributed by atoms with van der Waals surface area (Å²) in [5, 5.41) is 3.01. The highest BCUT2D eigenvalue weighted by Gasteiger charge is 2.24. The normalized spacial score (nSPS) is 16.5. The Balaban J connectivity index is 1.65. The molecule has 1 N–H and O–H groups in total. The van der Waals surface area contributed by atoms with E-state index in [0.29, 0.717) is 5.92 Å². The smallest absolute Gasteiger partial charge is 0.407 e. The van der Waals surface area contributed by atoms with E-state index in [1.54, 1.807) is 0 Å². The van der Waals surface area contributed by atoms with E-state index in [9.17, 15) is 4.79 Å². The number of benzene rings is 1. The molecule has 4 nitrogen and oxygen atoms in total. The first kappa shape index (κ1) is 16.5. The van der Waals surface area contributed by atoms with Crippen LogP contribution in [-0.4, -0.2) is 11.1 Å². The maximum absolute atomic E-state index is 12.2. The fourth-order valence-corrected chi connectivity index (χ4v) is 3.04. The van der Waals surface area contributed by atoms with Crippen molar-refractivity contribution in [2.24, 2.45) is 0 Å². The van der Waals surface area contributed by atoms with Crippen molar-refractivity contribution in [2.75, 3.05) is 0 Å². The van der Waals surface area contributed by atoms with Gasteiger partial charge in [-0.2, -0.15) is 0 Å². The van der Waals surface area contributed by atoms with Gasteiger partial charge in [-0.25, -0.2) is 4.79 Å². The molecular formula is C20H24N2O2. The minimum atomic E-state index is -0.369. The van der Waals surface area contributed by atoms with E-state index >= 15 is 0 Å². The number of rotatable bonds is 4. The molecule has 1 amide bonds. The summed E-state index contributed by atoms with van der Waals surface area (Å²) in [7, 11) is 0. The summed E-state index contributed by atoms with van der Waals surface area (Å²) in [6, 6.07) is 11.9. The minimum absolute atomic E-state index is 0.0109. The Labute approximate surface area is 143 Å². The molecule has 0 saturated carbocycles. The molecule has 126 valence electrons. The first-order valence-electron chi connectivity index (χ1n) is 8.59. The zero-order valence-electron chi connectivity index (χ0n) is 14.3. The molecule has 0 radical (unpaired) electrons. The van der Waals surface area contributed by atoms with Gasteiger partial charge in [0, 0.05) is 11.9 Å². The fraction of sp³-hybridized carbons (Fsp3) is 0.400. The summed E-state index contributed by atoms with van der Waals surface area (Å²) in [4.78, 5) is 16.8. The van der Waals surface area contributed by atoms with Gasteiger partial charge in [-0.05, 0) is 41.9 Å². The molecule has 3 rings (SSSR count). The summed E-state index contributed by atoms with van der Waals surface area (Å²) >= 11 is 0. The second kappa shape index (κ2) is 7.47. The van der Waals surface area contributed by atoms with Crippen LogP contribution in [0.2, 0.25) is 0 Å². The third kappa shape index (κ3) is 3.94. The number of carbonyl (C=O) groups is 1. The van der Waals surface area contributed by atoms with Crippen LogP contribution < -0.4 is 5.32 Å². The maximum Gasteiger partial charge on any atom is 0.407 e. The Morgan fingerprint density at radius 3 is 2.88 bits per heavy atom. The largest absolute Gasteiger partial charge is 0.445 e. The number of alkyl carbamates (subject to hydrolysis) is 1. The Kier molecular flexibility index (Phi) is 5.14. The van der Waals surface area contributed by atoms with E-state index in [-0.39, 0.29) is 18.7 Å². The fourth-order valence-electron chi connectivity index (χ4n) is 3.04. The average Bonchev–Trinajstić information content (AvgIpc) is 2.61. The van der Waals surface area contributed by atoms with Crippen molar-refractivity contribution in [2.45, 2.75) is 51.7 Å². The predicted molar refractivity (Wildman–Crippen MR) is 93.8 cm³/mol. The number of hydrogen-bond donors (Lipinski definition) is 1. The van der Waals surface area contributed by atoms with E-state index in [1.165, 1.54) is 5.56 Å². The Morgan fingerprint density at radius 2 is 2.12 bits per heavy atom. The molecule has 1 unspecified atom stereocenters. The van der Waals surface area contributed by atoms with Crippen LogP contribution in [0.4, 0.5) is 4.79 Å². The van der Waals surface area contributed by atoms with E-state index in [0.717, 1.165) is 36.1 Å². The number of nitrogens with one attached hydrogen (secondary N) is 1. The van der Waals surface area contributed by atoms with Crippen molar-refractivity contribution in [3.63, 3.8) is 0 Å². The third-order valence-electron chi connectivity index (χ3n) is 4.48. The van der Waals surface area contributed by atoms with Crippen molar-refractivity contribution < 1.29 is 9.53 Å². The van der Waals surface area contributed by atoms with E-state index in [4.69, 9.17) is 4.74 Å². The van der Waals surface area contributed by atoms with Gasteiger partial charge in [0.1, 0.15) is 6.61 Å². The van der Waals surface area contributed by atoms with Crippen molar-refractivity contribution >= 4 is 6.09 Å². The van der Waals surface area contributed by atoms with Gasteiger partial charge >= 0.3 is 6.09 Å². The summed E-state index contributed by atoms with van der Waals surface area (Å²) in [6.45, 7) is 4.60. The number of pyridine rings is 1. The molecular weight excluding hydrogens is 300 g/mol. The molecule has 1 aromatic carbocycles. The number of aromatic nitrogens is 1. The third-order valence-corrected chi connectivity index (χ3v) is 4.48. The Morgan fingerprint density at radius 1 is 1.33 bits per heavy atom. The first-order chi connectivity index (χ1) is 11.6. The molecule has 2 aromatic rings. The Hall–Kier alpha value is -2.36. The summed E-state index contributed by atoms with van der Waals surface area (Å²) < 4.78 is 5.35. The molecule has 4 heteroatoms. The van der Waals surface area contributed by atoms with Crippen molar-refractivity contribution in [3.8, 4) is 0 Å². The zero-order valence-corrected chi connectivity index (χ0v) is 14.3. The number of fused-ring (bicyclic) bond motifs is 1. The van der Waals surface area contributed by atoms with Gasteiger partial charge in [0.2, 0.25) is 0 Å². The lowest BCUT2D eigenvalue weighted by Crippen LogP contribution is -2.31. The molecule has 0 spiro atoms. The Bertz CT molecular complexity index is 698. The molecule has 24 heavy (non-hydrogen) atoms. The lowest BCUT2D eigenvalue weighted by molar-refractivity contribution is 0.134. The van der Waals surface area contributed by atoms with Crippen LogP contribution in [0.5, 0.6) is 0 Å². The summed E-state index contributed by atoms with van der Waals surface area (Å²) in [5.41, 5.74) is 4.43. The molecule has 1 aromatic heterocycles. The average molecular weight is 324 g/mol. The standard InChI is InChI=1S/C20H24N2O2/c1-14(2)16-11-17-18(21-12-16)9-6-10-19(17)22-20(23)24-13-15-7-4-3-5-8-15/h3-5,7-8,11-12,14,19H,6,9-10,13H2,1-2H3,(H,22,23). The van der Waals surface area contributed by atoms with Gasteiger partial charge in [-0.3, -0.25) is 4.98 Å². The van der Waals surface area contributed by atoms with Gasteiger partial charge in [0.25, 0.3) is 0 Å².